The predicted octanol–water partition coefficient (Wildman–Crippen LogP) is 3.26. The fourth-order valence-electron chi connectivity index (χ4n) is 3.60. The van der Waals surface area contributed by atoms with E-state index in [2.05, 4.69) is 25.1 Å². The van der Waals surface area contributed by atoms with Gasteiger partial charge >= 0.3 is 0 Å². The van der Waals surface area contributed by atoms with Crippen LogP contribution in [0.5, 0.6) is 0 Å². The summed E-state index contributed by atoms with van der Waals surface area (Å²) < 4.78 is 28.8. The standard InChI is InChI=1S/C22H21ClN6O4S2/c1-12(30)20(17-9-14(4-6-24-17)28-35(32,33)15-2-3-15)27-21(31)22-25-11-19(34-22)16-10-26-29-7-5-13(23)8-18(16)29/h4-12,15,20,30H,2-3H2,1H3,(H,24,28)(H,27,31)/t12-,20-/m1/s1. The van der Waals surface area contributed by atoms with Crippen molar-refractivity contribution in [3.8, 4) is 10.4 Å². The van der Waals surface area contributed by atoms with E-state index >= 15 is 0 Å². The first-order chi connectivity index (χ1) is 16.7. The van der Waals surface area contributed by atoms with Gasteiger partial charge in [0.2, 0.25) is 10.0 Å². The van der Waals surface area contributed by atoms with Crippen LogP contribution in [0.4, 0.5) is 5.69 Å². The number of hydrogen-bond acceptors (Lipinski definition) is 8. The summed E-state index contributed by atoms with van der Waals surface area (Å²) in [5.41, 5.74) is 2.21. The quantitative estimate of drug-likeness (QED) is 0.316. The molecular formula is C22H21ClN6O4S2. The maximum Gasteiger partial charge on any atom is 0.280 e. The van der Waals surface area contributed by atoms with Gasteiger partial charge in [-0.2, -0.15) is 5.10 Å². The lowest BCUT2D eigenvalue weighted by Crippen LogP contribution is -2.35. The van der Waals surface area contributed by atoms with Crippen molar-refractivity contribution in [2.24, 2.45) is 0 Å². The number of amides is 1. The Balaban J connectivity index is 1.36. The van der Waals surface area contributed by atoms with Gasteiger partial charge in [0.15, 0.2) is 5.01 Å². The Hall–Kier alpha value is -3.06. The summed E-state index contributed by atoms with van der Waals surface area (Å²) in [6.45, 7) is 1.52. The number of carbonyl (C=O) groups is 1. The second-order valence-corrected chi connectivity index (χ2v) is 11.7. The molecule has 10 nitrogen and oxygen atoms in total. The summed E-state index contributed by atoms with van der Waals surface area (Å²) in [7, 11) is -3.46. The van der Waals surface area contributed by atoms with Crippen molar-refractivity contribution >= 4 is 50.1 Å². The van der Waals surface area contributed by atoms with E-state index in [1.54, 1.807) is 35.2 Å². The molecule has 0 aromatic carbocycles. The Kier molecular flexibility index (Phi) is 6.21. The molecule has 0 unspecified atom stereocenters. The smallest absolute Gasteiger partial charge is 0.280 e. The van der Waals surface area contributed by atoms with Crippen LogP contribution >= 0.6 is 22.9 Å². The van der Waals surface area contributed by atoms with Crippen LogP contribution < -0.4 is 10.0 Å². The molecule has 4 aromatic rings. The zero-order valence-corrected chi connectivity index (χ0v) is 20.8. The van der Waals surface area contributed by atoms with Crippen LogP contribution in [-0.4, -0.2) is 50.4 Å². The van der Waals surface area contributed by atoms with Crippen molar-refractivity contribution in [3.05, 3.63) is 64.8 Å². The Labute approximate surface area is 210 Å². The molecule has 1 aliphatic carbocycles. The third kappa shape index (κ3) is 5.01. The molecule has 1 aliphatic rings. The molecular weight excluding hydrogens is 512 g/mol. The van der Waals surface area contributed by atoms with Crippen LogP contribution in [0, 0.1) is 0 Å². The number of nitrogens with one attached hydrogen (secondary N) is 2. The summed E-state index contributed by atoms with van der Waals surface area (Å²) >= 11 is 7.29. The van der Waals surface area contributed by atoms with Gasteiger partial charge in [0.1, 0.15) is 0 Å². The SMILES string of the molecule is C[C@@H](O)[C@@H](NC(=O)c1ncc(-c2cnn3ccc(Cl)cc23)s1)c1cc(NS(=O)(=O)C2CC2)ccn1. The van der Waals surface area contributed by atoms with Gasteiger partial charge in [0.05, 0.1) is 45.4 Å². The van der Waals surface area contributed by atoms with E-state index in [1.165, 1.54) is 36.6 Å². The molecule has 35 heavy (non-hydrogen) atoms. The van der Waals surface area contributed by atoms with Crippen molar-refractivity contribution in [1.82, 2.24) is 24.9 Å². The molecule has 1 saturated carbocycles. The molecule has 3 N–H and O–H groups in total. The summed E-state index contributed by atoms with van der Waals surface area (Å²) in [5.74, 6) is -0.493. The topological polar surface area (TPSA) is 139 Å². The van der Waals surface area contributed by atoms with Gasteiger partial charge in [0.25, 0.3) is 5.91 Å². The molecule has 0 saturated heterocycles. The van der Waals surface area contributed by atoms with Gasteiger partial charge in [0, 0.05) is 29.2 Å². The number of carbonyl (C=O) groups excluding carboxylic acids is 1. The minimum Gasteiger partial charge on any atom is -0.391 e. The van der Waals surface area contributed by atoms with Crippen LogP contribution in [0.1, 0.15) is 41.3 Å². The number of sulfonamides is 1. The fraction of sp³-hybridized carbons (Fsp3) is 0.273. The molecule has 4 aromatic heterocycles. The van der Waals surface area contributed by atoms with Gasteiger partial charge < -0.3 is 10.4 Å². The van der Waals surface area contributed by atoms with E-state index in [0.29, 0.717) is 29.2 Å². The number of rotatable bonds is 8. The van der Waals surface area contributed by atoms with Crippen molar-refractivity contribution in [2.75, 3.05) is 4.72 Å². The number of fused-ring (bicyclic) bond motifs is 1. The van der Waals surface area contributed by atoms with E-state index in [-0.39, 0.29) is 10.3 Å². The Morgan fingerprint density at radius 1 is 1.26 bits per heavy atom. The highest BCUT2D eigenvalue weighted by Gasteiger charge is 2.36. The first-order valence-electron chi connectivity index (χ1n) is 10.8. The number of thiazole rings is 1. The monoisotopic (exact) mass is 532 g/mol. The van der Waals surface area contributed by atoms with Gasteiger partial charge in [-0.25, -0.2) is 17.9 Å². The molecule has 0 radical (unpaired) electrons. The van der Waals surface area contributed by atoms with E-state index in [0.717, 1.165) is 16.0 Å². The summed E-state index contributed by atoms with van der Waals surface area (Å²) in [6, 6.07) is 5.67. The molecule has 182 valence electrons. The number of nitrogens with zero attached hydrogens (tertiary/aromatic N) is 4. The van der Waals surface area contributed by atoms with Crippen LogP contribution in [-0.2, 0) is 10.0 Å². The molecule has 1 amide bonds. The fourth-order valence-corrected chi connectivity index (χ4v) is 5.98. The minimum absolute atomic E-state index is 0.192. The number of aliphatic hydroxyl groups is 1. The third-order valence-corrected chi connectivity index (χ3v) is 8.67. The number of halogens is 1. The van der Waals surface area contributed by atoms with Crippen molar-refractivity contribution < 1.29 is 18.3 Å². The Morgan fingerprint density at radius 3 is 2.80 bits per heavy atom. The zero-order chi connectivity index (χ0) is 24.7. The summed E-state index contributed by atoms with van der Waals surface area (Å²) in [5, 5.41) is 17.8. The number of hydrogen-bond donors (Lipinski definition) is 3. The third-order valence-electron chi connectivity index (χ3n) is 5.54. The molecule has 2 atom stereocenters. The van der Waals surface area contributed by atoms with E-state index < -0.39 is 28.1 Å². The highest BCUT2D eigenvalue weighted by molar-refractivity contribution is 7.93. The average molecular weight is 533 g/mol. The van der Waals surface area contributed by atoms with Crippen LogP contribution in [0.2, 0.25) is 5.02 Å². The predicted molar refractivity (Wildman–Crippen MR) is 133 cm³/mol. The van der Waals surface area contributed by atoms with Gasteiger partial charge in [-0.3, -0.25) is 14.5 Å². The minimum atomic E-state index is -3.46. The molecule has 5 rings (SSSR count). The highest BCUT2D eigenvalue weighted by atomic mass is 35.5. The number of anilines is 1. The van der Waals surface area contributed by atoms with Crippen LogP contribution in [0.3, 0.4) is 0 Å². The molecule has 0 bridgehead atoms. The van der Waals surface area contributed by atoms with Crippen molar-refractivity contribution in [2.45, 2.75) is 37.2 Å². The van der Waals surface area contributed by atoms with Gasteiger partial charge in [-0.1, -0.05) is 11.6 Å². The second kappa shape index (κ2) is 9.19. The Morgan fingerprint density at radius 2 is 2.06 bits per heavy atom. The van der Waals surface area contributed by atoms with E-state index in [9.17, 15) is 18.3 Å². The average Bonchev–Trinajstić information content (AvgIpc) is 3.44. The molecule has 0 spiro atoms. The summed E-state index contributed by atoms with van der Waals surface area (Å²) in [4.78, 5) is 22.2. The second-order valence-electron chi connectivity index (χ2n) is 8.27. The number of pyridine rings is 2. The lowest BCUT2D eigenvalue weighted by molar-refractivity contribution is 0.0854. The number of aliphatic hydroxyl groups excluding tert-OH is 1. The highest BCUT2D eigenvalue weighted by Crippen LogP contribution is 2.32. The maximum absolute atomic E-state index is 13.0. The lowest BCUT2D eigenvalue weighted by Gasteiger charge is -2.21. The number of aromatic nitrogens is 4. The maximum atomic E-state index is 13.0. The van der Waals surface area contributed by atoms with E-state index in [1.807, 2.05) is 0 Å². The molecule has 0 aliphatic heterocycles. The van der Waals surface area contributed by atoms with Crippen molar-refractivity contribution in [1.29, 1.82) is 0 Å². The van der Waals surface area contributed by atoms with E-state index in [4.69, 9.17) is 11.6 Å². The zero-order valence-electron chi connectivity index (χ0n) is 18.4. The molecule has 13 heteroatoms. The summed E-state index contributed by atoms with van der Waals surface area (Å²) in [6.07, 6.45) is 6.71. The normalized spacial score (nSPS) is 15.6. The molecule has 1 fully saturated rings. The van der Waals surface area contributed by atoms with Gasteiger partial charge in [-0.15, -0.1) is 11.3 Å². The van der Waals surface area contributed by atoms with Crippen LogP contribution in [0.15, 0.2) is 49.1 Å². The first kappa shape index (κ1) is 23.7. The largest absolute Gasteiger partial charge is 0.391 e. The van der Waals surface area contributed by atoms with Gasteiger partial charge in [-0.05, 0) is 44.0 Å². The Bertz CT molecular complexity index is 1510. The lowest BCUT2D eigenvalue weighted by atomic mass is 10.1. The van der Waals surface area contributed by atoms with Crippen LogP contribution in [0.25, 0.3) is 16.0 Å². The van der Waals surface area contributed by atoms with Crippen molar-refractivity contribution in [3.63, 3.8) is 0 Å². The first-order valence-corrected chi connectivity index (χ1v) is 13.5. The molecule has 4 heterocycles.